The fourth-order valence-corrected chi connectivity index (χ4v) is 3.92. The Kier molecular flexibility index (Phi) is 4.08. The van der Waals surface area contributed by atoms with Gasteiger partial charge in [-0.05, 0) is 23.3 Å². The summed E-state index contributed by atoms with van der Waals surface area (Å²) in [7, 11) is 0. The lowest BCUT2D eigenvalue weighted by Crippen LogP contribution is -2.04. The van der Waals surface area contributed by atoms with E-state index in [1.54, 1.807) is 0 Å². The average molecular weight is 317 g/mol. The van der Waals surface area contributed by atoms with Crippen LogP contribution in [0.25, 0.3) is 0 Å². The molecule has 1 atom stereocenters. The van der Waals surface area contributed by atoms with E-state index in [1.807, 2.05) is 30.0 Å². The van der Waals surface area contributed by atoms with Crippen LogP contribution in [0, 0.1) is 6.07 Å². The molecule has 1 nitrogen and oxygen atoms in total. The Morgan fingerprint density at radius 1 is 0.957 bits per heavy atom. The SMILES string of the molecule is [c]1cccc(C2Cc3ccccc3O2)c1SCc1ccccc1. The van der Waals surface area contributed by atoms with Crippen molar-refractivity contribution in [2.45, 2.75) is 23.2 Å². The van der Waals surface area contributed by atoms with E-state index in [4.69, 9.17) is 4.74 Å². The molecule has 0 aromatic heterocycles. The van der Waals surface area contributed by atoms with Gasteiger partial charge in [-0.1, -0.05) is 66.7 Å². The second kappa shape index (κ2) is 6.51. The van der Waals surface area contributed by atoms with Gasteiger partial charge >= 0.3 is 0 Å². The van der Waals surface area contributed by atoms with Crippen LogP contribution in [-0.4, -0.2) is 0 Å². The fourth-order valence-electron chi connectivity index (χ4n) is 2.90. The lowest BCUT2D eigenvalue weighted by molar-refractivity contribution is 0.235. The van der Waals surface area contributed by atoms with Gasteiger partial charge in [0.25, 0.3) is 0 Å². The number of thioether (sulfide) groups is 1. The molecule has 2 heteroatoms. The molecule has 3 aromatic rings. The van der Waals surface area contributed by atoms with Crippen molar-refractivity contribution < 1.29 is 4.74 Å². The van der Waals surface area contributed by atoms with Gasteiger partial charge in [0.2, 0.25) is 0 Å². The predicted octanol–water partition coefficient (Wildman–Crippen LogP) is 5.46. The summed E-state index contributed by atoms with van der Waals surface area (Å²) in [5.74, 6) is 1.97. The van der Waals surface area contributed by atoms with Gasteiger partial charge in [-0.25, -0.2) is 0 Å². The van der Waals surface area contributed by atoms with Crippen molar-refractivity contribution >= 4 is 11.8 Å². The van der Waals surface area contributed by atoms with Gasteiger partial charge in [0.1, 0.15) is 11.9 Å². The molecule has 0 aliphatic carbocycles. The van der Waals surface area contributed by atoms with Crippen molar-refractivity contribution in [1.82, 2.24) is 0 Å². The third-order valence-corrected chi connectivity index (χ3v) is 5.19. The number of fused-ring (bicyclic) bond motifs is 1. The number of ether oxygens (including phenoxy) is 1. The summed E-state index contributed by atoms with van der Waals surface area (Å²) < 4.78 is 6.15. The van der Waals surface area contributed by atoms with Crippen LogP contribution in [0.5, 0.6) is 5.75 Å². The van der Waals surface area contributed by atoms with E-state index >= 15 is 0 Å². The molecule has 3 aromatic carbocycles. The van der Waals surface area contributed by atoms with Crippen LogP contribution in [-0.2, 0) is 12.2 Å². The second-order valence-corrected chi connectivity index (χ2v) is 6.63. The Morgan fingerprint density at radius 2 is 1.78 bits per heavy atom. The maximum Gasteiger partial charge on any atom is 0.129 e. The van der Waals surface area contributed by atoms with Crippen LogP contribution in [0.4, 0.5) is 0 Å². The Balaban J connectivity index is 1.54. The summed E-state index contributed by atoms with van der Waals surface area (Å²) in [4.78, 5) is 1.19. The molecule has 0 saturated heterocycles. The Morgan fingerprint density at radius 3 is 2.65 bits per heavy atom. The molecule has 0 saturated carbocycles. The molecule has 0 amide bonds. The lowest BCUT2D eigenvalue weighted by atomic mass is 10.0. The van der Waals surface area contributed by atoms with Crippen LogP contribution in [0.15, 0.2) is 77.7 Å². The summed E-state index contributed by atoms with van der Waals surface area (Å²) in [6.07, 6.45) is 1.04. The molecular formula is C21H17OS. The molecule has 1 aliphatic heterocycles. The zero-order chi connectivity index (χ0) is 15.5. The maximum atomic E-state index is 6.15. The van der Waals surface area contributed by atoms with Crippen LogP contribution < -0.4 is 4.74 Å². The van der Waals surface area contributed by atoms with Gasteiger partial charge in [0.15, 0.2) is 0 Å². The zero-order valence-electron chi connectivity index (χ0n) is 12.7. The van der Waals surface area contributed by atoms with Crippen LogP contribution in [0.2, 0.25) is 0 Å². The van der Waals surface area contributed by atoms with Crippen molar-refractivity contribution in [3.05, 3.63) is 95.6 Å². The number of para-hydroxylation sites is 1. The third-order valence-electron chi connectivity index (χ3n) is 4.07. The highest BCUT2D eigenvalue weighted by Gasteiger charge is 2.25. The third kappa shape index (κ3) is 3.13. The van der Waals surface area contributed by atoms with Gasteiger partial charge in [0.05, 0.1) is 0 Å². The molecule has 1 heterocycles. The van der Waals surface area contributed by atoms with E-state index in [-0.39, 0.29) is 6.10 Å². The van der Waals surface area contributed by atoms with Gasteiger partial charge in [0, 0.05) is 22.6 Å². The molecule has 113 valence electrons. The van der Waals surface area contributed by atoms with Gasteiger partial charge in [-0.3, -0.25) is 0 Å². The maximum absolute atomic E-state index is 6.15. The molecule has 23 heavy (non-hydrogen) atoms. The van der Waals surface area contributed by atoms with E-state index in [1.165, 1.54) is 21.6 Å². The van der Waals surface area contributed by atoms with E-state index in [0.717, 1.165) is 17.9 Å². The van der Waals surface area contributed by atoms with Crippen molar-refractivity contribution in [3.8, 4) is 5.75 Å². The number of benzene rings is 3. The first kappa shape index (κ1) is 14.4. The normalized spacial score (nSPS) is 15.9. The molecule has 0 bridgehead atoms. The zero-order valence-corrected chi connectivity index (χ0v) is 13.6. The minimum atomic E-state index is 0.100. The van der Waals surface area contributed by atoms with Crippen LogP contribution in [0.3, 0.4) is 0 Å². The molecule has 1 radical (unpaired) electrons. The second-order valence-electron chi connectivity index (χ2n) is 5.65. The van der Waals surface area contributed by atoms with Crippen LogP contribution >= 0.6 is 11.8 Å². The largest absolute Gasteiger partial charge is 0.485 e. The topological polar surface area (TPSA) is 9.23 Å². The van der Waals surface area contributed by atoms with E-state index < -0.39 is 0 Å². The summed E-state index contributed by atoms with van der Waals surface area (Å²) in [6, 6.07) is 28.5. The Bertz CT molecular complexity index is 773. The highest BCUT2D eigenvalue weighted by molar-refractivity contribution is 7.98. The van der Waals surface area contributed by atoms with Gasteiger partial charge in [-0.2, -0.15) is 0 Å². The minimum Gasteiger partial charge on any atom is -0.485 e. The van der Waals surface area contributed by atoms with Gasteiger partial charge < -0.3 is 4.74 Å². The first-order chi connectivity index (χ1) is 11.4. The molecule has 1 unspecified atom stereocenters. The fraction of sp³-hybridized carbons (Fsp3) is 0.143. The average Bonchev–Trinajstić information content (AvgIpc) is 3.05. The van der Waals surface area contributed by atoms with E-state index in [2.05, 4.69) is 60.7 Å². The van der Waals surface area contributed by atoms with Crippen molar-refractivity contribution in [2.24, 2.45) is 0 Å². The molecular weight excluding hydrogens is 300 g/mol. The number of hydrogen-bond donors (Lipinski definition) is 0. The van der Waals surface area contributed by atoms with Crippen LogP contribution in [0.1, 0.15) is 22.8 Å². The first-order valence-electron chi connectivity index (χ1n) is 7.82. The van der Waals surface area contributed by atoms with Crippen molar-refractivity contribution in [2.75, 3.05) is 0 Å². The molecule has 0 fully saturated rings. The van der Waals surface area contributed by atoms with Gasteiger partial charge in [-0.15, -0.1) is 11.8 Å². The molecule has 0 N–H and O–H groups in total. The monoisotopic (exact) mass is 317 g/mol. The lowest BCUT2D eigenvalue weighted by Gasteiger charge is -2.15. The summed E-state index contributed by atoms with van der Waals surface area (Å²) >= 11 is 1.83. The Hall–Kier alpha value is -2.19. The minimum absolute atomic E-state index is 0.100. The highest BCUT2D eigenvalue weighted by atomic mass is 32.2. The molecule has 0 spiro atoms. The summed E-state index contributed by atoms with van der Waals surface area (Å²) in [6.45, 7) is 0. The molecule has 1 aliphatic rings. The predicted molar refractivity (Wildman–Crippen MR) is 94.8 cm³/mol. The van der Waals surface area contributed by atoms with Crippen molar-refractivity contribution in [1.29, 1.82) is 0 Å². The van der Waals surface area contributed by atoms with E-state index in [0.29, 0.717) is 0 Å². The smallest absolute Gasteiger partial charge is 0.129 e. The molecule has 4 rings (SSSR count). The van der Waals surface area contributed by atoms with Crippen molar-refractivity contribution in [3.63, 3.8) is 0 Å². The first-order valence-corrected chi connectivity index (χ1v) is 8.80. The summed E-state index contributed by atoms with van der Waals surface area (Å²) in [5.41, 5.74) is 3.86. The van der Waals surface area contributed by atoms with E-state index in [9.17, 15) is 0 Å². The number of hydrogen-bond acceptors (Lipinski definition) is 2. The highest BCUT2D eigenvalue weighted by Crippen LogP contribution is 2.40. The quantitative estimate of drug-likeness (QED) is 0.591. The standard InChI is InChI=1S/C21H17OS/c1-2-8-16(9-3-1)15-23-21-13-7-5-11-18(21)20-14-17-10-4-6-12-19(17)22-20/h1-12,20H,14-15H2. The Labute approximate surface area is 141 Å². The number of rotatable bonds is 4. The summed E-state index contributed by atoms with van der Waals surface area (Å²) in [5, 5.41) is 0.